The van der Waals surface area contributed by atoms with E-state index in [1.807, 2.05) is 12.1 Å². The minimum absolute atomic E-state index is 0.261. The molecule has 0 saturated heterocycles. The van der Waals surface area contributed by atoms with Crippen LogP contribution >= 0.6 is 15.9 Å². The number of hydrogen-bond donors (Lipinski definition) is 2. The third kappa shape index (κ3) is 4.26. The van der Waals surface area contributed by atoms with Crippen molar-refractivity contribution < 1.29 is 13.9 Å². The molecule has 24 heavy (non-hydrogen) atoms. The molecule has 0 fully saturated rings. The van der Waals surface area contributed by atoms with Crippen LogP contribution < -0.4 is 15.4 Å². The molecule has 0 bridgehead atoms. The Morgan fingerprint density at radius 1 is 1.17 bits per heavy atom. The van der Waals surface area contributed by atoms with Crippen molar-refractivity contribution in [2.24, 2.45) is 0 Å². The lowest BCUT2D eigenvalue weighted by Crippen LogP contribution is -2.36. The summed E-state index contributed by atoms with van der Waals surface area (Å²) in [4.78, 5) is 11.8. The third-order valence-electron chi connectivity index (χ3n) is 3.89. The van der Waals surface area contributed by atoms with Gasteiger partial charge in [-0.3, -0.25) is 0 Å². The van der Waals surface area contributed by atoms with Crippen LogP contribution in [0.5, 0.6) is 5.75 Å². The van der Waals surface area contributed by atoms with E-state index in [0.717, 1.165) is 25.2 Å². The zero-order chi connectivity index (χ0) is 16.9. The lowest BCUT2D eigenvalue weighted by atomic mass is 10.1. The Hall–Kier alpha value is -2.08. The highest BCUT2D eigenvalue weighted by atomic mass is 79.9. The Balaban J connectivity index is 1.41. The summed E-state index contributed by atoms with van der Waals surface area (Å²) in [7, 11) is 0. The molecule has 2 N–H and O–H groups in total. The van der Waals surface area contributed by atoms with Gasteiger partial charge in [-0.25, -0.2) is 9.18 Å². The summed E-state index contributed by atoms with van der Waals surface area (Å²) in [5.41, 5.74) is 3.12. The largest absolute Gasteiger partial charge is 0.493 e. The molecule has 0 aliphatic carbocycles. The van der Waals surface area contributed by atoms with Crippen LogP contribution in [-0.2, 0) is 19.4 Å². The molecule has 0 radical (unpaired) electrons. The van der Waals surface area contributed by atoms with Gasteiger partial charge < -0.3 is 15.4 Å². The third-order valence-corrected chi connectivity index (χ3v) is 4.53. The van der Waals surface area contributed by atoms with E-state index in [9.17, 15) is 9.18 Å². The molecule has 1 aliphatic heterocycles. The maximum Gasteiger partial charge on any atom is 0.315 e. The summed E-state index contributed by atoms with van der Waals surface area (Å²) >= 11 is 3.10. The number of ether oxygens (including phenoxy) is 1. The van der Waals surface area contributed by atoms with Crippen LogP contribution in [0.15, 0.2) is 40.9 Å². The lowest BCUT2D eigenvalue weighted by Gasteiger charge is -2.09. The Morgan fingerprint density at radius 2 is 2.00 bits per heavy atom. The molecule has 2 aromatic carbocycles. The van der Waals surface area contributed by atoms with Gasteiger partial charge in [-0.15, -0.1) is 0 Å². The topological polar surface area (TPSA) is 50.4 Å². The summed E-state index contributed by atoms with van der Waals surface area (Å²) < 4.78 is 19.3. The number of carbonyl (C=O) groups is 1. The van der Waals surface area contributed by atoms with Crippen LogP contribution in [0.4, 0.5) is 9.18 Å². The first-order valence-corrected chi connectivity index (χ1v) is 8.61. The average Bonchev–Trinajstić information content (AvgIpc) is 3.04. The van der Waals surface area contributed by atoms with Crippen LogP contribution in [0.25, 0.3) is 0 Å². The number of benzene rings is 2. The van der Waals surface area contributed by atoms with E-state index in [1.54, 1.807) is 12.1 Å². The number of halogens is 2. The molecule has 4 nitrogen and oxygen atoms in total. The Kier molecular flexibility index (Phi) is 5.35. The van der Waals surface area contributed by atoms with Crippen molar-refractivity contribution in [1.29, 1.82) is 0 Å². The van der Waals surface area contributed by atoms with Gasteiger partial charge in [0.25, 0.3) is 0 Å². The van der Waals surface area contributed by atoms with Crippen LogP contribution in [0.1, 0.15) is 16.7 Å². The highest BCUT2D eigenvalue weighted by Crippen LogP contribution is 2.25. The van der Waals surface area contributed by atoms with E-state index in [-0.39, 0.29) is 18.4 Å². The summed E-state index contributed by atoms with van der Waals surface area (Å²) in [6, 6.07) is 10.7. The van der Waals surface area contributed by atoms with Gasteiger partial charge in [0.15, 0.2) is 0 Å². The van der Waals surface area contributed by atoms with Crippen molar-refractivity contribution in [2.45, 2.75) is 19.4 Å². The number of carbonyl (C=O) groups excluding carboxylic acids is 1. The molecule has 0 aromatic heterocycles. The van der Waals surface area contributed by atoms with E-state index >= 15 is 0 Å². The highest BCUT2D eigenvalue weighted by molar-refractivity contribution is 9.10. The fourth-order valence-corrected chi connectivity index (χ4v) is 2.86. The number of nitrogens with one attached hydrogen (secondary N) is 2. The van der Waals surface area contributed by atoms with Crippen molar-refractivity contribution in [3.05, 3.63) is 63.4 Å². The second-order valence-electron chi connectivity index (χ2n) is 5.65. The molecule has 1 aliphatic rings. The van der Waals surface area contributed by atoms with Crippen LogP contribution in [0.2, 0.25) is 0 Å². The number of amides is 2. The molecule has 2 aromatic rings. The van der Waals surface area contributed by atoms with Crippen molar-refractivity contribution >= 4 is 22.0 Å². The fraction of sp³-hybridized carbons (Fsp3) is 0.278. The molecule has 0 atom stereocenters. The van der Waals surface area contributed by atoms with E-state index in [4.69, 9.17) is 4.74 Å². The molecule has 0 unspecified atom stereocenters. The van der Waals surface area contributed by atoms with Gasteiger partial charge in [0, 0.05) is 19.5 Å². The first kappa shape index (κ1) is 16.8. The summed E-state index contributed by atoms with van der Waals surface area (Å²) in [5.74, 6) is 0.626. The van der Waals surface area contributed by atoms with Gasteiger partial charge >= 0.3 is 6.03 Å². The maximum atomic E-state index is 13.4. The fourth-order valence-electron chi connectivity index (χ4n) is 2.61. The van der Waals surface area contributed by atoms with E-state index in [1.165, 1.54) is 17.2 Å². The van der Waals surface area contributed by atoms with E-state index in [2.05, 4.69) is 32.6 Å². The maximum absolute atomic E-state index is 13.4. The highest BCUT2D eigenvalue weighted by Gasteiger charge is 2.11. The lowest BCUT2D eigenvalue weighted by molar-refractivity contribution is 0.240. The van der Waals surface area contributed by atoms with Crippen LogP contribution in [0, 0.1) is 5.82 Å². The quantitative estimate of drug-likeness (QED) is 0.816. The number of hydrogen-bond acceptors (Lipinski definition) is 2. The van der Waals surface area contributed by atoms with Gasteiger partial charge in [-0.1, -0.05) is 18.2 Å². The molecule has 0 saturated carbocycles. The smallest absolute Gasteiger partial charge is 0.315 e. The van der Waals surface area contributed by atoms with Crippen molar-refractivity contribution in [3.63, 3.8) is 0 Å². The molecule has 6 heteroatoms. The molecular formula is C18H18BrFN2O2. The van der Waals surface area contributed by atoms with Gasteiger partial charge in [0.2, 0.25) is 0 Å². The number of fused-ring (bicyclic) bond motifs is 1. The summed E-state index contributed by atoms with van der Waals surface area (Å²) in [5, 5.41) is 5.53. The van der Waals surface area contributed by atoms with Crippen LogP contribution in [-0.4, -0.2) is 19.2 Å². The first-order valence-electron chi connectivity index (χ1n) is 7.82. The Morgan fingerprint density at radius 3 is 2.83 bits per heavy atom. The van der Waals surface area contributed by atoms with Crippen molar-refractivity contribution in [1.82, 2.24) is 10.6 Å². The summed E-state index contributed by atoms with van der Waals surface area (Å²) in [6.07, 6.45) is 1.70. The molecular weight excluding hydrogens is 375 g/mol. The standard InChI is InChI=1S/C18H18BrFN2O2/c19-15-3-1-13(10-16(15)20)11-22-18(23)21-7-5-12-2-4-17-14(9-12)6-8-24-17/h1-4,9-10H,5-8,11H2,(H2,21,22,23). The summed E-state index contributed by atoms with van der Waals surface area (Å²) in [6.45, 7) is 1.57. The molecule has 3 rings (SSSR count). The Labute approximate surface area is 148 Å². The zero-order valence-corrected chi connectivity index (χ0v) is 14.7. The van der Waals surface area contributed by atoms with Crippen molar-refractivity contribution in [2.75, 3.05) is 13.2 Å². The SMILES string of the molecule is O=C(NCCc1ccc2c(c1)CCO2)NCc1ccc(Br)c(F)c1. The van der Waals surface area contributed by atoms with Crippen molar-refractivity contribution in [3.8, 4) is 5.75 Å². The van der Waals surface area contributed by atoms with E-state index < -0.39 is 0 Å². The monoisotopic (exact) mass is 392 g/mol. The van der Waals surface area contributed by atoms with Gasteiger partial charge in [-0.2, -0.15) is 0 Å². The van der Waals surface area contributed by atoms with Gasteiger partial charge in [-0.05, 0) is 57.2 Å². The predicted octanol–water partition coefficient (Wildman–Crippen LogP) is 3.57. The number of urea groups is 1. The van der Waals surface area contributed by atoms with Gasteiger partial charge in [0.05, 0.1) is 11.1 Å². The Bertz CT molecular complexity index is 752. The van der Waals surface area contributed by atoms with Crippen LogP contribution in [0.3, 0.4) is 0 Å². The van der Waals surface area contributed by atoms with Gasteiger partial charge in [0.1, 0.15) is 11.6 Å². The second kappa shape index (κ2) is 7.66. The first-order chi connectivity index (χ1) is 11.6. The minimum Gasteiger partial charge on any atom is -0.493 e. The normalized spacial score (nSPS) is 12.4. The molecule has 2 amide bonds. The van der Waals surface area contributed by atoms with E-state index in [0.29, 0.717) is 16.6 Å². The second-order valence-corrected chi connectivity index (χ2v) is 6.50. The number of rotatable bonds is 5. The molecule has 126 valence electrons. The average molecular weight is 393 g/mol. The molecule has 0 spiro atoms. The zero-order valence-electron chi connectivity index (χ0n) is 13.1. The predicted molar refractivity (Wildman–Crippen MR) is 93.7 cm³/mol. The minimum atomic E-state index is -0.338. The molecule has 1 heterocycles.